The van der Waals surface area contributed by atoms with Gasteiger partial charge in [0.25, 0.3) is 5.91 Å². The first-order valence-electron chi connectivity index (χ1n) is 11.6. The van der Waals surface area contributed by atoms with Gasteiger partial charge in [-0.3, -0.25) is 9.59 Å². The van der Waals surface area contributed by atoms with Crippen molar-refractivity contribution in [1.82, 2.24) is 4.31 Å². The maximum atomic E-state index is 13.0. The highest BCUT2D eigenvalue weighted by Crippen LogP contribution is 2.26. The molecule has 2 amide bonds. The van der Waals surface area contributed by atoms with E-state index in [2.05, 4.69) is 24.5 Å². The Labute approximate surface area is 205 Å². The van der Waals surface area contributed by atoms with E-state index in [0.29, 0.717) is 43.2 Å². The summed E-state index contributed by atoms with van der Waals surface area (Å²) in [5.41, 5.74) is 2.27. The molecule has 9 heteroatoms. The van der Waals surface area contributed by atoms with Crippen molar-refractivity contribution in [3.63, 3.8) is 0 Å². The molecule has 0 atom stereocenters. The topological polar surface area (TPSA) is 109 Å². The number of benzene rings is 2. The van der Waals surface area contributed by atoms with Crippen molar-refractivity contribution in [1.29, 1.82) is 0 Å². The lowest BCUT2D eigenvalue weighted by Gasteiger charge is -2.30. The van der Waals surface area contributed by atoms with E-state index in [1.165, 1.54) is 10.6 Å². The van der Waals surface area contributed by atoms with Crippen LogP contribution in [0.3, 0.4) is 0 Å². The van der Waals surface area contributed by atoms with E-state index in [4.69, 9.17) is 4.42 Å². The Morgan fingerprint density at radius 1 is 0.914 bits per heavy atom. The summed E-state index contributed by atoms with van der Waals surface area (Å²) >= 11 is 0. The van der Waals surface area contributed by atoms with Crippen LogP contribution in [0.2, 0.25) is 0 Å². The van der Waals surface area contributed by atoms with E-state index < -0.39 is 10.0 Å². The highest BCUT2D eigenvalue weighted by molar-refractivity contribution is 7.89. The first-order valence-corrected chi connectivity index (χ1v) is 13.0. The zero-order valence-corrected chi connectivity index (χ0v) is 20.5. The molecule has 8 nitrogen and oxygen atoms in total. The van der Waals surface area contributed by atoms with Crippen molar-refractivity contribution in [2.45, 2.75) is 37.5 Å². The molecule has 0 unspecified atom stereocenters. The third-order valence-electron chi connectivity index (χ3n) is 6.16. The molecule has 1 aliphatic heterocycles. The number of amides is 2. The summed E-state index contributed by atoms with van der Waals surface area (Å²) in [4.78, 5) is 25.1. The number of anilines is 2. The number of carbonyl (C=O) groups excluding carboxylic acids is 2. The third-order valence-corrected chi connectivity index (χ3v) is 8.08. The highest BCUT2D eigenvalue weighted by Gasteiger charge is 2.32. The molecule has 0 bridgehead atoms. The first kappa shape index (κ1) is 24.7. The largest absolute Gasteiger partial charge is 0.459 e. The van der Waals surface area contributed by atoms with Crippen molar-refractivity contribution in [2.75, 3.05) is 23.7 Å². The molecule has 1 saturated heterocycles. The minimum Gasteiger partial charge on any atom is -0.459 e. The van der Waals surface area contributed by atoms with Crippen LogP contribution in [-0.2, 0) is 14.8 Å². The molecule has 2 N–H and O–H groups in total. The number of rotatable bonds is 7. The minimum atomic E-state index is -3.58. The lowest BCUT2D eigenvalue weighted by molar-refractivity contribution is -0.120. The monoisotopic (exact) mass is 495 g/mol. The summed E-state index contributed by atoms with van der Waals surface area (Å²) in [6.45, 7) is 4.72. The van der Waals surface area contributed by atoms with E-state index >= 15 is 0 Å². The fraction of sp³-hybridized carbons (Fsp3) is 0.308. The molecule has 2 heterocycles. The smallest absolute Gasteiger partial charge is 0.291 e. The van der Waals surface area contributed by atoms with Crippen LogP contribution in [0.1, 0.15) is 48.7 Å². The van der Waals surface area contributed by atoms with Crippen LogP contribution in [0.15, 0.2) is 76.2 Å². The van der Waals surface area contributed by atoms with Gasteiger partial charge < -0.3 is 15.1 Å². The molecular formula is C26H29N3O5S. The van der Waals surface area contributed by atoms with Crippen molar-refractivity contribution in [2.24, 2.45) is 5.92 Å². The average Bonchev–Trinajstić information content (AvgIpc) is 3.41. The number of carbonyl (C=O) groups is 2. The van der Waals surface area contributed by atoms with E-state index in [0.717, 1.165) is 5.56 Å². The Morgan fingerprint density at radius 3 is 2.06 bits per heavy atom. The van der Waals surface area contributed by atoms with Crippen molar-refractivity contribution in [3.05, 3.63) is 78.3 Å². The van der Waals surface area contributed by atoms with Crippen LogP contribution in [-0.4, -0.2) is 37.6 Å². The maximum Gasteiger partial charge on any atom is 0.291 e. The number of nitrogens with one attached hydrogen (secondary N) is 2. The Hall–Kier alpha value is -3.43. The van der Waals surface area contributed by atoms with Gasteiger partial charge in [0.05, 0.1) is 11.2 Å². The molecule has 1 fully saturated rings. The summed E-state index contributed by atoms with van der Waals surface area (Å²) in [5, 5.41) is 5.60. The van der Waals surface area contributed by atoms with Crippen LogP contribution in [0.4, 0.5) is 11.4 Å². The molecule has 1 aliphatic rings. The van der Waals surface area contributed by atoms with Crippen molar-refractivity contribution >= 4 is 33.2 Å². The molecule has 0 aliphatic carbocycles. The predicted octanol–water partition coefficient (Wildman–Crippen LogP) is 4.69. The van der Waals surface area contributed by atoms with E-state index in [1.807, 2.05) is 12.1 Å². The Kier molecular flexibility index (Phi) is 7.37. The summed E-state index contributed by atoms with van der Waals surface area (Å²) < 4.78 is 32.5. The van der Waals surface area contributed by atoms with Crippen LogP contribution in [0.5, 0.6) is 0 Å². The van der Waals surface area contributed by atoms with Crippen LogP contribution >= 0.6 is 0 Å². The summed E-state index contributed by atoms with van der Waals surface area (Å²) in [6, 6.07) is 17.0. The average molecular weight is 496 g/mol. The minimum absolute atomic E-state index is 0.143. The fourth-order valence-electron chi connectivity index (χ4n) is 4.01. The SMILES string of the molecule is CC(C)c1ccc(S(=O)(=O)N2CCC(C(=O)Nc3ccc(NC(=O)c4ccco4)cc3)CC2)cc1. The fourth-order valence-corrected chi connectivity index (χ4v) is 5.48. The van der Waals surface area contributed by atoms with Gasteiger partial charge in [0.1, 0.15) is 0 Å². The van der Waals surface area contributed by atoms with E-state index in [-0.39, 0.29) is 28.4 Å². The lowest BCUT2D eigenvalue weighted by Crippen LogP contribution is -2.41. The van der Waals surface area contributed by atoms with Gasteiger partial charge in [0.15, 0.2) is 5.76 Å². The standard InChI is InChI=1S/C26H29N3O5S/c1-18(2)19-5-11-23(12-6-19)35(32,33)29-15-13-20(14-16-29)25(30)27-21-7-9-22(10-8-21)28-26(31)24-4-3-17-34-24/h3-12,17-18,20H,13-16H2,1-2H3,(H,27,30)(H,28,31). The quantitative estimate of drug-likeness (QED) is 0.494. The van der Waals surface area contributed by atoms with Crippen LogP contribution in [0, 0.1) is 5.92 Å². The van der Waals surface area contributed by atoms with Gasteiger partial charge in [0, 0.05) is 30.4 Å². The summed E-state index contributed by atoms with van der Waals surface area (Å²) in [6.07, 6.45) is 2.33. The van der Waals surface area contributed by atoms with Gasteiger partial charge in [-0.15, -0.1) is 0 Å². The molecule has 0 radical (unpaired) electrons. The Bertz CT molecular complexity index is 1260. The van der Waals surface area contributed by atoms with Gasteiger partial charge in [-0.25, -0.2) is 8.42 Å². The molecule has 35 heavy (non-hydrogen) atoms. The van der Waals surface area contributed by atoms with Gasteiger partial charge in [0.2, 0.25) is 15.9 Å². The van der Waals surface area contributed by atoms with Crippen molar-refractivity contribution < 1.29 is 22.4 Å². The second-order valence-electron chi connectivity index (χ2n) is 8.90. The molecule has 0 saturated carbocycles. The lowest BCUT2D eigenvalue weighted by atomic mass is 9.97. The zero-order chi connectivity index (χ0) is 25.0. The van der Waals surface area contributed by atoms with Gasteiger partial charge in [-0.05, 0) is 72.9 Å². The third kappa shape index (κ3) is 5.80. The number of hydrogen-bond donors (Lipinski definition) is 2. The molecule has 3 aromatic rings. The predicted molar refractivity (Wildman–Crippen MR) is 134 cm³/mol. The Morgan fingerprint density at radius 2 is 1.51 bits per heavy atom. The number of sulfonamides is 1. The number of nitrogens with zero attached hydrogens (tertiary/aromatic N) is 1. The number of piperidine rings is 1. The summed E-state index contributed by atoms with van der Waals surface area (Å²) in [7, 11) is -3.58. The van der Waals surface area contributed by atoms with Crippen LogP contribution in [0.25, 0.3) is 0 Å². The second kappa shape index (κ2) is 10.5. The van der Waals surface area contributed by atoms with E-state index in [9.17, 15) is 18.0 Å². The Balaban J connectivity index is 1.30. The van der Waals surface area contributed by atoms with Gasteiger partial charge in [-0.2, -0.15) is 4.31 Å². The van der Waals surface area contributed by atoms with Gasteiger partial charge in [-0.1, -0.05) is 26.0 Å². The number of hydrogen-bond acceptors (Lipinski definition) is 5. The summed E-state index contributed by atoms with van der Waals surface area (Å²) in [5.74, 6) is -0.232. The first-order chi connectivity index (χ1) is 16.7. The molecule has 2 aromatic carbocycles. The van der Waals surface area contributed by atoms with Crippen LogP contribution < -0.4 is 10.6 Å². The zero-order valence-electron chi connectivity index (χ0n) is 19.7. The molecule has 4 rings (SSSR count). The van der Waals surface area contributed by atoms with E-state index in [1.54, 1.807) is 48.5 Å². The molecule has 184 valence electrons. The maximum absolute atomic E-state index is 13.0. The molecule has 0 spiro atoms. The second-order valence-corrected chi connectivity index (χ2v) is 10.8. The van der Waals surface area contributed by atoms with Gasteiger partial charge >= 0.3 is 0 Å². The molecule has 1 aromatic heterocycles. The normalized spacial score (nSPS) is 15.2. The molecular weight excluding hydrogens is 466 g/mol. The number of furan rings is 1. The van der Waals surface area contributed by atoms with Crippen molar-refractivity contribution in [3.8, 4) is 0 Å². The highest BCUT2D eigenvalue weighted by atomic mass is 32.2.